The fourth-order valence-corrected chi connectivity index (χ4v) is 9.99. The molecule has 290 valence electrons. The molecular formula is C43H45I5N4S3. The van der Waals surface area contributed by atoms with Crippen LogP contribution in [0.4, 0.5) is 5.69 Å². The van der Waals surface area contributed by atoms with Crippen LogP contribution in [0, 0.1) is 6.92 Å². The molecule has 0 atom stereocenters. The van der Waals surface area contributed by atoms with Crippen LogP contribution in [0.2, 0.25) is 0 Å². The molecule has 0 saturated carbocycles. The highest BCUT2D eigenvalue weighted by Crippen LogP contribution is 2.45. The van der Waals surface area contributed by atoms with Crippen LogP contribution in [-0.2, 0) is 20.1 Å². The smallest absolute Gasteiger partial charge is 0.297 e. The molecule has 1 aliphatic heterocycles. The number of rotatable bonds is 8. The number of thioether (sulfide) groups is 2. The van der Waals surface area contributed by atoms with Gasteiger partial charge in [-0.1, -0.05) is 117 Å². The van der Waals surface area contributed by atoms with Gasteiger partial charge < -0.3 is 76.8 Å². The van der Waals surface area contributed by atoms with Crippen LogP contribution in [0.25, 0.3) is 38.1 Å². The van der Waals surface area contributed by atoms with Crippen LogP contribution in [0.3, 0.4) is 0 Å². The van der Waals surface area contributed by atoms with Crippen LogP contribution in [0.1, 0.15) is 24.0 Å². The average Bonchev–Trinajstić information content (AvgIpc) is 3.69. The van der Waals surface area contributed by atoms with Gasteiger partial charge in [-0.2, -0.15) is 13.7 Å². The van der Waals surface area contributed by atoms with Crippen LogP contribution < -0.4 is 90.5 Å². The van der Waals surface area contributed by atoms with Crippen molar-refractivity contribution in [1.82, 2.24) is 0 Å². The summed E-state index contributed by atoms with van der Waals surface area (Å²) in [6, 6.07) is 38.9. The van der Waals surface area contributed by atoms with E-state index < -0.39 is 0 Å². The fourth-order valence-electron chi connectivity index (χ4n) is 6.35. The number of pyridine rings is 2. The first-order valence-electron chi connectivity index (χ1n) is 17.5. The lowest BCUT2D eigenvalue weighted by Gasteiger charge is -2.13. The molecule has 55 heavy (non-hydrogen) atoms. The second-order valence-electron chi connectivity index (χ2n) is 12.5. The minimum Gasteiger partial charge on any atom is -1.00 e. The van der Waals surface area contributed by atoms with Gasteiger partial charge in [0.1, 0.15) is 24.8 Å². The first-order valence-corrected chi connectivity index (χ1v) is 23.4. The maximum atomic E-state index is 2.45. The molecule has 8 rings (SSSR count). The molecule has 0 unspecified atom stereocenters. The summed E-state index contributed by atoms with van der Waals surface area (Å²) in [5.74, 6) is 0. The van der Waals surface area contributed by atoms with E-state index in [4.69, 9.17) is 0 Å². The number of aryl methyl sites for hydroxylation is 4. The second-order valence-corrected chi connectivity index (χ2v) is 17.8. The van der Waals surface area contributed by atoms with Gasteiger partial charge in [0.2, 0.25) is 16.6 Å². The highest BCUT2D eigenvalue weighted by Gasteiger charge is 2.22. The topological polar surface area (TPSA) is 14.9 Å². The van der Waals surface area contributed by atoms with Crippen molar-refractivity contribution in [2.24, 2.45) is 7.05 Å². The summed E-state index contributed by atoms with van der Waals surface area (Å²) in [4.78, 5) is 3.61. The van der Waals surface area contributed by atoms with Gasteiger partial charge in [0.15, 0.2) is 12.4 Å². The molecule has 4 aromatic carbocycles. The van der Waals surface area contributed by atoms with Crippen molar-refractivity contribution in [3.63, 3.8) is 0 Å². The number of hydrogen-bond donors (Lipinski definition) is 0. The highest BCUT2D eigenvalue weighted by atomic mass is 127. The minimum atomic E-state index is 0. The van der Waals surface area contributed by atoms with E-state index >= 15 is 0 Å². The van der Waals surface area contributed by atoms with Crippen LogP contribution in [-0.4, -0.2) is 22.2 Å². The number of benzene rings is 4. The number of thiazole rings is 1. The summed E-state index contributed by atoms with van der Waals surface area (Å²) in [5.41, 5.74) is 7.91. The number of nitrogens with zero attached hydrogens (tertiary/aromatic N) is 4. The predicted octanol–water partition coefficient (Wildman–Crippen LogP) is 2.21. The molecule has 4 heterocycles. The molecule has 1 aliphatic rings. The van der Waals surface area contributed by atoms with E-state index in [2.05, 4.69) is 219 Å². The van der Waals surface area contributed by atoms with Gasteiger partial charge in [0.05, 0.1) is 16.1 Å². The lowest BCUT2D eigenvalue weighted by molar-refractivity contribution is -0.676. The normalized spacial score (nSPS) is 12.2. The van der Waals surface area contributed by atoms with Gasteiger partial charge >= 0.3 is 0 Å². The maximum Gasteiger partial charge on any atom is 0.297 e. The molecule has 0 aliphatic carbocycles. The van der Waals surface area contributed by atoms with Gasteiger partial charge in [-0.05, 0) is 72.5 Å². The Bertz CT molecular complexity index is 2330. The summed E-state index contributed by atoms with van der Waals surface area (Å²) < 4.78 is 12.1. The number of halogens is 5. The Morgan fingerprint density at radius 3 is 1.85 bits per heavy atom. The Morgan fingerprint density at radius 1 is 0.691 bits per heavy atom. The fraction of sp³-hybridized carbons (Fsp3) is 0.233. The van der Waals surface area contributed by atoms with E-state index in [0.29, 0.717) is 0 Å². The van der Waals surface area contributed by atoms with Gasteiger partial charge in [0, 0.05) is 69.4 Å². The Kier molecular flexibility index (Phi) is 21.8. The average molecular weight is 1350 g/mol. The minimum absolute atomic E-state index is 0. The van der Waals surface area contributed by atoms with Crippen LogP contribution in [0.15, 0.2) is 136 Å². The molecule has 12 heteroatoms. The third-order valence-electron chi connectivity index (χ3n) is 9.09. The van der Waals surface area contributed by atoms with E-state index in [-0.39, 0.29) is 71.9 Å². The van der Waals surface area contributed by atoms with Crippen LogP contribution >= 0.6 is 80.0 Å². The summed E-state index contributed by atoms with van der Waals surface area (Å²) in [7, 11) is 4.26. The van der Waals surface area contributed by atoms with Crippen molar-refractivity contribution >= 4 is 124 Å². The zero-order valence-electron chi connectivity index (χ0n) is 31.3. The molecule has 0 N–H and O–H groups in total. The number of para-hydroxylation sites is 4. The number of fused-ring (bicyclic) bond motifs is 4. The largest absolute Gasteiger partial charge is 1.00 e. The molecule has 0 radical (unpaired) electrons. The number of anilines is 1. The Morgan fingerprint density at radius 2 is 1.24 bits per heavy atom. The molecule has 0 spiro atoms. The number of aromatic nitrogens is 3. The molecule has 0 saturated heterocycles. The highest BCUT2D eigenvalue weighted by molar-refractivity contribution is 14.1. The third-order valence-corrected chi connectivity index (χ3v) is 14.2. The van der Waals surface area contributed by atoms with Crippen molar-refractivity contribution in [3.8, 4) is 0 Å². The lowest BCUT2D eigenvalue weighted by atomic mass is 10.1. The second kappa shape index (κ2) is 24.5. The monoisotopic (exact) mass is 1350 g/mol. The summed E-state index contributed by atoms with van der Waals surface area (Å²) in [6.07, 6.45) is 11.3. The molecular weight excluding hydrogens is 1300 g/mol. The lowest BCUT2D eigenvalue weighted by Crippen LogP contribution is -3.00. The van der Waals surface area contributed by atoms with Crippen molar-refractivity contribution in [3.05, 3.63) is 138 Å². The van der Waals surface area contributed by atoms with E-state index in [1.54, 1.807) is 11.8 Å². The van der Waals surface area contributed by atoms with Gasteiger partial charge in [0.25, 0.3) is 4.34 Å². The Balaban J connectivity index is 0.000000233. The number of alkyl halides is 2. The zero-order chi connectivity index (χ0) is 36.5. The molecule has 3 aromatic heterocycles. The molecule has 0 bridgehead atoms. The van der Waals surface area contributed by atoms with Crippen molar-refractivity contribution in [2.45, 2.75) is 42.1 Å². The summed E-state index contributed by atoms with van der Waals surface area (Å²) in [6.45, 7) is 4.36. The third kappa shape index (κ3) is 12.3. The van der Waals surface area contributed by atoms with Crippen molar-refractivity contribution in [2.75, 3.05) is 27.1 Å². The molecule has 4 nitrogen and oxygen atoms in total. The Labute approximate surface area is 417 Å². The van der Waals surface area contributed by atoms with E-state index in [1.807, 2.05) is 23.1 Å². The van der Waals surface area contributed by atoms with E-state index in [0.717, 1.165) is 13.1 Å². The number of hydrogen-bond acceptors (Lipinski definition) is 4. The Hall–Kier alpha value is -0.520. The first kappa shape index (κ1) is 48.8. The van der Waals surface area contributed by atoms with Crippen LogP contribution in [0.5, 0.6) is 0 Å². The van der Waals surface area contributed by atoms with E-state index in [1.165, 1.54) is 84.8 Å². The molecule has 0 amide bonds. The van der Waals surface area contributed by atoms with Gasteiger partial charge in [-0.25, -0.2) is 0 Å². The van der Waals surface area contributed by atoms with Gasteiger partial charge in [-0.3, -0.25) is 0 Å². The van der Waals surface area contributed by atoms with Gasteiger partial charge in [-0.15, -0.1) is 0 Å². The summed E-state index contributed by atoms with van der Waals surface area (Å²) in [5, 5.41) is 3.96. The van der Waals surface area contributed by atoms with Crippen molar-refractivity contribution in [1.29, 1.82) is 0 Å². The zero-order valence-corrected chi connectivity index (χ0v) is 44.5. The molecule has 7 aromatic rings. The predicted molar refractivity (Wildman–Crippen MR) is 243 cm³/mol. The summed E-state index contributed by atoms with van der Waals surface area (Å²) >= 11 is 10.4. The first-order chi connectivity index (χ1) is 25.4. The van der Waals surface area contributed by atoms with Crippen molar-refractivity contribution < 1.29 is 85.6 Å². The quantitative estimate of drug-likeness (QED) is 0.101. The molecule has 0 fully saturated rings. The van der Waals surface area contributed by atoms with E-state index in [9.17, 15) is 0 Å². The standard InChI is InChI=1S/C21H20IN2S.C13H15IN.C9H10NS2.3HI/c1-23-19-9-4-5-10-20(19)25-21(23)15-16-11-14-24(13-6-12-22)18-8-3-2-7-17(16)18;1-11-7-10-15(9-4-8-14)13-6-3-2-5-12(11)13;1-10-7-5-3-4-6-8(7)12-9(10)11-2;;;/h2-5,7-11,14-15H,6,12-13H2,1H3;2-3,5-7,10H,4,8-9H2,1H3;3-6H,1-2H3;3*1H/q3*+1;;;/p-3. The maximum absolute atomic E-state index is 2.45. The SMILES string of the molecule is CN1/C(=C/c2cc[n+](CCCI)c3ccccc23)Sc2ccccc21.CSc1sc2ccccc2[n+]1C.Cc1cc[n+](CCCI)c2ccccc12.[I-].[I-].[I-].